The molecule has 2 rings (SSSR count). The van der Waals surface area contributed by atoms with Gasteiger partial charge in [-0.1, -0.05) is 23.2 Å². The molecule has 2 N–H and O–H groups in total. The van der Waals surface area contributed by atoms with Crippen LogP contribution in [0.1, 0.15) is 4.88 Å². The smallest absolute Gasteiger partial charge is 0.271 e. The first-order valence-electron chi connectivity index (χ1n) is 5.07. The van der Waals surface area contributed by atoms with E-state index in [4.69, 9.17) is 23.2 Å². The van der Waals surface area contributed by atoms with E-state index in [-0.39, 0.29) is 25.7 Å². The molecule has 0 spiro atoms. The second-order valence-corrected chi connectivity index (χ2v) is 7.77. The Bertz CT molecular complexity index is 702. The lowest BCUT2D eigenvalue weighted by Gasteiger charge is -2.08. The average molecular weight is 338 g/mol. The van der Waals surface area contributed by atoms with Crippen molar-refractivity contribution in [2.24, 2.45) is 0 Å². The molecule has 0 bridgehead atoms. The normalized spacial score (nSPS) is 11.5. The third-order valence-corrected chi connectivity index (χ3v) is 5.70. The Hall–Kier alpha value is -0.950. The van der Waals surface area contributed by atoms with Gasteiger partial charge in [0, 0.05) is 4.88 Å². The molecular weight excluding hydrogens is 329 g/mol. The highest BCUT2D eigenvalue weighted by atomic mass is 35.5. The molecule has 0 radical (unpaired) electrons. The van der Waals surface area contributed by atoms with Crippen LogP contribution in [-0.2, 0) is 10.0 Å². The largest absolute Gasteiger partial charge is 0.505 e. The summed E-state index contributed by atoms with van der Waals surface area (Å²) < 4.78 is 26.7. The van der Waals surface area contributed by atoms with Gasteiger partial charge in [0.25, 0.3) is 10.0 Å². The van der Waals surface area contributed by atoms with Crippen LogP contribution in [0.3, 0.4) is 0 Å². The first kappa shape index (κ1) is 14.5. The van der Waals surface area contributed by atoms with Gasteiger partial charge in [-0.15, -0.1) is 11.3 Å². The fraction of sp³-hybridized carbons (Fsp3) is 0.0909. The number of halogens is 2. The summed E-state index contributed by atoms with van der Waals surface area (Å²) in [7, 11) is -3.67. The Balaban J connectivity index is 2.36. The monoisotopic (exact) mass is 337 g/mol. The lowest BCUT2D eigenvalue weighted by molar-refractivity contribution is 0.476. The summed E-state index contributed by atoms with van der Waals surface area (Å²) in [5.41, 5.74) is 0.193. The van der Waals surface area contributed by atoms with Crippen LogP contribution in [0.4, 0.5) is 5.69 Å². The first-order chi connectivity index (χ1) is 8.79. The zero-order chi connectivity index (χ0) is 14.2. The van der Waals surface area contributed by atoms with Crippen molar-refractivity contribution in [1.82, 2.24) is 0 Å². The standard InChI is InChI=1S/C11H9Cl2NO3S2/c1-6-2-3-10(18-6)19(16,17)14-7-4-8(12)11(15)9(13)5-7/h2-5,14-15H,1H3. The van der Waals surface area contributed by atoms with Crippen molar-refractivity contribution in [3.8, 4) is 5.75 Å². The average Bonchev–Trinajstić information content (AvgIpc) is 2.73. The van der Waals surface area contributed by atoms with Crippen LogP contribution in [0.25, 0.3) is 0 Å². The fourth-order valence-corrected chi connectivity index (χ4v) is 4.20. The summed E-state index contributed by atoms with van der Waals surface area (Å²) in [6.07, 6.45) is 0. The van der Waals surface area contributed by atoms with Crippen molar-refractivity contribution in [3.63, 3.8) is 0 Å². The van der Waals surface area contributed by atoms with E-state index < -0.39 is 10.0 Å². The number of benzene rings is 1. The van der Waals surface area contributed by atoms with Crippen LogP contribution >= 0.6 is 34.5 Å². The van der Waals surface area contributed by atoms with Gasteiger partial charge in [-0.05, 0) is 31.2 Å². The number of hydrogen-bond acceptors (Lipinski definition) is 4. The van der Waals surface area contributed by atoms with Crippen LogP contribution < -0.4 is 4.72 Å². The van der Waals surface area contributed by atoms with E-state index in [2.05, 4.69) is 4.72 Å². The number of nitrogens with one attached hydrogen (secondary N) is 1. The highest BCUT2D eigenvalue weighted by molar-refractivity contribution is 7.94. The molecule has 0 fully saturated rings. The number of sulfonamides is 1. The Morgan fingerprint density at radius 3 is 2.26 bits per heavy atom. The summed E-state index contributed by atoms with van der Waals surface area (Å²) in [6, 6.07) is 5.82. The molecule has 0 atom stereocenters. The molecule has 0 aliphatic carbocycles. The number of phenols is 1. The lowest BCUT2D eigenvalue weighted by Crippen LogP contribution is -2.11. The van der Waals surface area contributed by atoms with E-state index in [1.54, 1.807) is 6.07 Å². The van der Waals surface area contributed by atoms with Crippen molar-refractivity contribution in [2.75, 3.05) is 4.72 Å². The highest BCUT2D eigenvalue weighted by Crippen LogP contribution is 2.35. The lowest BCUT2D eigenvalue weighted by atomic mass is 10.3. The van der Waals surface area contributed by atoms with Crippen molar-refractivity contribution in [2.45, 2.75) is 11.1 Å². The van der Waals surface area contributed by atoms with Gasteiger partial charge >= 0.3 is 0 Å². The van der Waals surface area contributed by atoms with Crippen LogP contribution in [0.15, 0.2) is 28.5 Å². The fourth-order valence-electron chi connectivity index (χ4n) is 1.39. The third-order valence-electron chi connectivity index (χ3n) is 2.25. The Morgan fingerprint density at radius 2 is 1.79 bits per heavy atom. The molecule has 0 aliphatic heterocycles. The second kappa shape index (κ2) is 5.20. The molecule has 1 aromatic carbocycles. The van der Waals surface area contributed by atoms with E-state index >= 15 is 0 Å². The Morgan fingerprint density at radius 1 is 1.21 bits per heavy atom. The molecule has 1 aromatic heterocycles. The molecule has 19 heavy (non-hydrogen) atoms. The first-order valence-corrected chi connectivity index (χ1v) is 8.12. The second-order valence-electron chi connectivity index (χ2n) is 3.76. The van der Waals surface area contributed by atoms with Crippen LogP contribution in [0.2, 0.25) is 10.0 Å². The molecule has 102 valence electrons. The predicted molar refractivity (Wildman–Crippen MR) is 78.0 cm³/mol. The van der Waals surface area contributed by atoms with Gasteiger partial charge in [-0.25, -0.2) is 8.42 Å². The van der Waals surface area contributed by atoms with E-state index in [0.29, 0.717) is 0 Å². The Kier molecular flexibility index (Phi) is 3.96. The zero-order valence-electron chi connectivity index (χ0n) is 9.65. The minimum Gasteiger partial charge on any atom is -0.505 e. The number of aryl methyl sites for hydroxylation is 1. The van der Waals surface area contributed by atoms with Crippen molar-refractivity contribution < 1.29 is 13.5 Å². The molecule has 2 aromatic rings. The van der Waals surface area contributed by atoms with Crippen molar-refractivity contribution >= 4 is 50.2 Å². The van der Waals surface area contributed by atoms with E-state index in [9.17, 15) is 13.5 Å². The quantitative estimate of drug-likeness (QED) is 0.835. The van der Waals surface area contributed by atoms with Gasteiger partial charge in [0.2, 0.25) is 0 Å². The summed E-state index contributed by atoms with van der Waals surface area (Å²) >= 11 is 12.6. The maximum Gasteiger partial charge on any atom is 0.271 e. The minimum absolute atomic E-state index is 0.0208. The predicted octanol–water partition coefficient (Wildman–Crippen LogP) is 3.87. The summed E-state index contributed by atoms with van der Waals surface area (Å²) in [6.45, 7) is 1.82. The minimum atomic E-state index is -3.67. The number of anilines is 1. The number of hydrogen-bond donors (Lipinski definition) is 2. The van der Waals surface area contributed by atoms with Gasteiger partial charge in [-0.3, -0.25) is 4.72 Å². The van der Waals surface area contributed by atoms with Crippen LogP contribution in [0.5, 0.6) is 5.75 Å². The van der Waals surface area contributed by atoms with E-state index in [1.807, 2.05) is 6.92 Å². The molecule has 1 heterocycles. The van der Waals surface area contributed by atoms with Gasteiger partial charge in [0.15, 0.2) is 5.75 Å². The maximum atomic E-state index is 12.1. The van der Waals surface area contributed by atoms with Gasteiger partial charge in [-0.2, -0.15) is 0 Å². The summed E-state index contributed by atoms with van der Waals surface area (Å²) in [4.78, 5) is 0.891. The molecule has 0 saturated carbocycles. The number of thiophene rings is 1. The molecule has 0 aliphatic rings. The Labute approximate surface area is 124 Å². The molecule has 0 unspecified atom stereocenters. The van der Waals surface area contributed by atoms with Crippen LogP contribution in [-0.4, -0.2) is 13.5 Å². The molecule has 8 heteroatoms. The number of phenolic OH excluding ortho intramolecular Hbond substituents is 1. The molecule has 0 amide bonds. The summed E-state index contributed by atoms with van der Waals surface area (Å²) in [5, 5.41) is 9.37. The summed E-state index contributed by atoms with van der Waals surface area (Å²) in [5.74, 6) is -0.279. The van der Waals surface area contributed by atoms with Gasteiger partial charge < -0.3 is 5.11 Å². The number of aromatic hydroxyl groups is 1. The van der Waals surface area contributed by atoms with E-state index in [1.165, 1.54) is 18.2 Å². The van der Waals surface area contributed by atoms with Gasteiger partial charge in [0.1, 0.15) is 4.21 Å². The SMILES string of the molecule is Cc1ccc(S(=O)(=O)Nc2cc(Cl)c(O)c(Cl)c2)s1. The molecule has 4 nitrogen and oxygen atoms in total. The third kappa shape index (κ3) is 3.14. The zero-order valence-corrected chi connectivity index (χ0v) is 12.8. The van der Waals surface area contributed by atoms with Crippen LogP contribution in [0, 0.1) is 6.92 Å². The maximum absolute atomic E-state index is 12.1. The molecule has 0 saturated heterocycles. The highest BCUT2D eigenvalue weighted by Gasteiger charge is 2.17. The topological polar surface area (TPSA) is 66.4 Å². The molecular formula is C11H9Cl2NO3S2. The van der Waals surface area contributed by atoms with E-state index in [0.717, 1.165) is 16.2 Å². The van der Waals surface area contributed by atoms with Gasteiger partial charge in [0.05, 0.1) is 15.7 Å². The number of rotatable bonds is 3. The van der Waals surface area contributed by atoms with Crippen molar-refractivity contribution in [1.29, 1.82) is 0 Å². The van der Waals surface area contributed by atoms with Crippen molar-refractivity contribution in [3.05, 3.63) is 39.2 Å².